The molecule has 0 aliphatic carbocycles. The van der Waals surface area contributed by atoms with Crippen molar-refractivity contribution in [3.8, 4) is 0 Å². The molecule has 0 heterocycles. The van der Waals surface area contributed by atoms with Gasteiger partial charge in [-0.1, -0.05) is 58.4 Å². The standard InChI is InChI=1S/C11H16.C2H4O.C2H6/c1-3-7-11-9-6-5-8-10(11)4-2;1-2-3;1-2/h5-6,8-9H,3-4,7H2,1-2H3;2H,1H3;1-2H3. The van der Waals surface area contributed by atoms with E-state index in [4.69, 9.17) is 4.79 Å². The van der Waals surface area contributed by atoms with Gasteiger partial charge < -0.3 is 4.79 Å². The van der Waals surface area contributed by atoms with Gasteiger partial charge in [-0.05, 0) is 30.9 Å². The Morgan fingerprint density at radius 3 is 1.88 bits per heavy atom. The molecular formula is C15H26O. The first kappa shape index (κ1) is 17.3. The molecule has 1 aromatic carbocycles. The fourth-order valence-corrected chi connectivity index (χ4v) is 1.42. The van der Waals surface area contributed by atoms with Gasteiger partial charge in [-0.3, -0.25) is 0 Å². The second-order valence-corrected chi connectivity index (χ2v) is 3.11. The zero-order valence-electron chi connectivity index (χ0n) is 11.4. The van der Waals surface area contributed by atoms with E-state index in [0.29, 0.717) is 0 Å². The lowest BCUT2D eigenvalue weighted by atomic mass is 10.0. The predicted octanol–water partition coefficient (Wildman–Crippen LogP) is 4.43. The molecule has 1 nitrogen and oxygen atoms in total. The molecule has 16 heavy (non-hydrogen) atoms. The zero-order chi connectivity index (χ0) is 12.8. The maximum absolute atomic E-state index is 8.81. The number of hydrogen-bond donors (Lipinski definition) is 0. The van der Waals surface area contributed by atoms with E-state index in [2.05, 4.69) is 38.1 Å². The number of benzene rings is 1. The highest BCUT2D eigenvalue weighted by Crippen LogP contribution is 2.10. The van der Waals surface area contributed by atoms with Crippen molar-refractivity contribution in [1.29, 1.82) is 0 Å². The fourth-order valence-electron chi connectivity index (χ4n) is 1.42. The second-order valence-electron chi connectivity index (χ2n) is 3.11. The van der Waals surface area contributed by atoms with Crippen LogP contribution in [0.5, 0.6) is 0 Å². The Bertz CT molecular complexity index is 253. The van der Waals surface area contributed by atoms with Crippen LogP contribution in [-0.4, -0.2) is 6.29 Å². The summed E-state index contributed by atoms with van der Waals surface area (Å²) < 4.78 is 0. The summed E-state index contributed by atoms with van der Waals surface area (Å²) in [6, 6.07) is 8.72. The summed E-state index contributed by atoms with van der Waals surface area (Å²) in [5, 5.41) is 0. The number of aldehydes is 1. The molecule has 0 spiro atoms. The zero-order valence-corrected chi connectivity index (χ0v) is 11.4. The highest BCUT2D eigenvalue weighted by molar-refractivity contribution is 5.44. The number of rotatable bonds is 3. The van der Waals surface area contributed by atoms with E-state index in [1.54, 1.807) is 0 Å². The first-order chi connectivity index (χ1) is 7.79. The van der Waals surface area contributed by atoms with Gasteiger partial charge in [0.2, 0.25) is 0 Å². The van der Waals surface area contributed by atoms with Crippen LogP contribution in [-0.2, 0) is 17.6 Å². The lowest BCUT2D eigenvalue weighted by Gasteiger charge is -2.04. The molecule has 0 aromatic heterocycles. The van der Waals surface area contributed by atoms with E-state index in [0.717, 1.165) is 12.7 Å². The number of carbonyl (C=O) groups is 1. The summed E-state index contributed by atoms with van der Waals surface area (Å²) in [6.07, 6.45) is 4.39. The van der Waals surface area contributed by atoms with Crippen LogP contribution in [0.15, 0.2) is 24.3 Å². The van der Waals surface area contributed by atoms with Gasteiger partial charge in [0.1, 0.15) is 6.29 Å². The molecule has 0 saturated heterocycles. The summed E-state index contributed by atoms with van der Waals surface area (Å²) in [5.41, 5.74) is 3.03. The maximum atomic E-state index is 8.81. The molecule has 1 rings (SSSR count). The molecule has 0 N–H and O–H groups in total. The third-order valence-corrected chi connectivity index (χ3v) is 2.02. The average Bonchev–Trinajstić information content (AvgIpc) is 2.34. The molecule has 92 valence electrons. The van der Waals surface area contributed by atoms with Gasteiger partial charge in [0.05, 0.1) is 0 Å². The molecule has 0 aliphatic rings. The topological polar surface area (TPSA) is 17.1 Å². The summed E-state index contributed by atoms with van der Waals surface area (Å²) in [5.74, 6) is 0. The average molecular weight is 222 g/mol. The smallest absolute Gasteiger partial charge is 0.116 e. The number of hydrogen-bond acceptors (Lipinski definition) is 1. The molecule has 0 bridgehead atoms. The van der Waals surface area contributed by atoms with Crippen LogP contribution < -0.4 is 0 Å². The number of aryl methyl sites for hydroxylation is 2. The Kier molecular flexibility index (Phi) is 15.0. The van der Waals surface area contributed by atoms with Gasteiger partial charge in [-0.15, -0.1) is 0 Å². The molecule has 0 aliphatic heterocycles. The molecule has 0 atom stereocenters. The number of carbonyl (C=O) groups excluding carboxylic acids is 1. The van der Waals surface area contributed by atoms with Crippen molar-refractivity contribution in [2.45, 2.75) is 53.9 Å². The third-order valence-electron chi connectivity index (χ3n) is 2.02. The van der Waals surface area contributed by atoms with Crippen molar-refractivity contribution in [3.63, 3.8) is 0 Å². The van der Waals surface area contributed by atoms with Gasteiger partial charge in [0.15, 0.2) is 0 Å². The van der Waals surface area contributed by atoms with Gasteiger partial charge in [0, 0.05) is 0 Å². The predicted molar refractivity (Wildman–Crippen MR) is 72.9 cm³/mol. The highest BCUT2D eigenvalue weighted by Gasteiger charge is 1.96. The molecule has 1 aromatic rings. The fraction of sp³-hybridized carbons (Fsp3) is 0.533. The minimum atomic E-state index is 0.750. The molecule has 0 amide bonds. The van der Waals surface area contributed by atoms with Crippen molar-refractivity contribution in [2.24, 2.45) is 0 Å². The molecule has 0 saturated carbocycles. The quantitative estimate of drug-likeness (QED) is 0.691. The molecule has 0 fully saturated rings. The van der Waals surface area contributed by atoms with E-state index in [-0.39, 0.29) is 0 Å². The van der Waals surface area contributed by atoms with Crippen molar-refractivity contribution < 1.29 is 4.79 Å². The Labute approximate surface area is 101 Å². The molecule has 0 radical (unpaired) electrons. The molecular weight excluding hydrogens is 196 g/mol. The lowest BCUT2D eigenvalue weighted by Crippen LogP contribution is -1.90. The Morgan fingerprint density at radius 1 is 1.06 bits per heavy atom. The maximum Gasteiger partial charge on any atom is 0.116 e. The van der Waals surface area contributed by atoms with Crippen molar-refractivity contribution in [3.05, 3.63) is 35.4 Å². The van der Waals surface area contributed by atoms with E-state index in [9.17, 15) is 0 Å². The highest BCUT2D eigenvalue weighted by atomic mass is 16.1. The lowest BCUT2D eigenvalue weighted by molar-refractivity contribution is -0.106. The van der Waals surface area contributed by atoms with Gasteiger partial charge in [-0.2, -0.15) is 0 Å². The van der Waals surface area contributed by atoms with E-state index in [1.165, 1.54) is 30.9 Å². The summed E-state index contributed by atoms with van der Waals surface area (Å²) in [4.78, 5) is 8.81. The van der Waals surface area contributed by atoms with Crippen LogP contribution in [0.2, 0.25) is 0 Å². The molecule has 1 heteroatoms. The minimum Gasteiger partial charge on any atom is -0.304 e. The summed E-state index contributed by atoms with van der Waals surface area (Å²) in [7, 11) is 0. The van der Waals surface area contributed by atoms with Gasteiger partial charge >= 0.3 is 0 Å². The van der Waals surface area contributed by atoms with Crippen molar-refractivity contribution in [1.82, 2.24) is 0 Å². The SMILES string of the molecule is CC.CC=O.CCCc1ccccc1CC. The van der Waals surface area contributed by atoms with E-state index in [1.807, 2.05) is 13.8 Å². The van der Waals surface area contributed by atoms with Crippen LogP contribution in [0.1, 0.15) is 52.2 Å². The second kappa shape index (κ2) is 13.9. The van der Waals surface area contributed by atoms with E-state index < -0.39 is 0 Å². The normalized spacial score (nSPS) is 8.06. The van der Waals surface area contributed by atoms with Gasteiger partial charge in [-0.25, -0.2) is 0 Å². The van der Waals surface area contributed by atoms with Crippen LogP contribution in [0, 0.1) is 0 Å². The third kappa shape index (κ3) is 8.22. The van der Waals surface area contributed by atoms with E-state index >= 15 is 0 Å². The van der Waals surface area contributed by atoms with Crippen molar-refractivity contribution in [2.75, 3.05) is 0 Å². The Hall–Kier alpha value is -1.11. The summed E-state index contributed by atoms with van der Waals surface area (Å²) in [6.45, 7) is 9.89. The van der Waals surface area contributed by atoms with Crippen LogP contribution in [0.3, 0.4) is 0 Å². The van der Waals surface area contributed by atoms with Gasteiger partial charge in [0.25, 0.3) is 0 Å². The minimum absolute atomic E-state index is 0.750. The van der Waals surface area contributed by atoms with Crippen LogP contribution in [0.4, 0.5) is 0 Å². The largest absolute Gasteiger partial charge is 0.304 e. The Balaban J connectivity index is 0. The van der Waals surface area contributed by atoms with Crippen LogP contribution >= 0.6 is 0 Å². The first-order valence-corrected chi connectivity index (χ1v) is 6.26. The molecule has 0 unspecified atom stereocenters. The van der Waals surface area contributed by atoms with Crippen molar-refractivity contribution >= 4 is 6.29 Å². The first-order valence-electron chi connectivity index (χ1n) is 6.26. The summed E-state index contributed by atoms with van der Waals surface area (Å²) >= 11 is 0. The monoisotopic (exact) mass is 222 g/mol. The Morgan fingerprint density at radius 2 is 1.50 bits per heavy atom. The van der Waals surface area contributed by atoms with Crippen LogP contribution in [0.25, 0.3) is 0 Å².